The Bertz CT molecular complexity index is 562. The molecule has 0 radical (unpaired) electrons. The number of sulfonamides is 1. The molecular weight excluding hydrogens is 338 g/mol. The van der Waals surface area contributed by atoms with Crippen molar-refractivity contribution in [1.82, 2.24) is 10.0 Å². The average molecular weight is 352 g/mol. The lowest BCUT2D eigenvalue weighted by Gasteiger charge is -2.11. The maximum absolute atomic E-state index is 12.1. The van der Waals surface area contributed by atoms with Gasteiger partial charge in [-0.1, -0.05) is 15.9 Å². The predicted octanol–water partition coefficient (Wildman–Crippen LogP) is 0.404. The number of urea groups is 1. The van der Waals surface area contributed by atoms with Crippen molar-refractivity contribution in [2.45, 2.75) is 4.90 Å². The van der Waals surface area contributed by atoms with Gasteiger partial charge in [-0.25, -0.2) is 17.9 Å². The summed E-state index contributed by atoms with van der Waals surface area (Å²) in [6.07, 6.45) is 0. The minimum absolute atomic E-state index is 0.0171. The van der Waals surface area contributed by atoms with E-state index in [0.717, 1.165) is 0 Å². The number of carbonyl (C=O) groups excluding carboxylic acids is 1. The molecule has 106 valence electrons. The van der Waals surface area contributed by atoms with Crippen molar-refractivity contribution < 1.29 is 17.9 Å². The van der Waals surface area contributed by atoms with E-state index in [-0.39, 0.29) is 23.7 Å². The number of methoxy groups -OCH3 is 1. The molecule has 0 aliphatic heterocycles. The SMILES string of the molecule is COc1ccc(Br)cc1S(=O)(=O)NCCNC(N)=O. The molecule has 0 atom stereocenters. The summed E-state index contributed by atoms with van der Waals surface area (Å²) in [5, 5.41) is 2.28. The molecular formula is C10H14BrN3O4S. The molecule has 0 bridgehead atoms. The van der Waals surface area contributed by atoms with Crippen molar-refractivity contribution in [2.24, 2.45) is 5.73 Å². The molecule has 0 saturated heterocycles. The fraction of sp³-hybridized carbons (Fsp3) is 0.300. The van der Waals surface area contributed by atoms with Gasteiger partial charge in [0.2, 0.25) is 10.0 Å². The van der Waals surface area contributed by atoms with Crippen LogP contribution in [0.4, 0.5) is 4.79 Å². The Labute approximate surface area is 119 Å². The zero-order valence-electron chi connectivity index (χ0n) is 10.1. The number of ether oxygens (including phenoxy) is 1. The lowest BCUT2D eigenvalue weighted by Crippen LogP contribution is -2.37. The van der Waals surface area contributed by atoms with Crippen molar-refractivity contribution in [3.05, 3.63) is 22.7 Å². The van der Waals surface area contributed by atoms with Gasteiger partial charge in [0.05, 0.1) is 7.11 Å². The van der Waals surface area contributed by atoms with E-state index in [4.69, 9.17) is 10.5 Å². The molecule has 0 fully saturated rings. The monoisotopic (exact) mass is 351 g/mol. The third kappa shape index (κ3) is 4.69. The standard InChI is InChI=1S/C10H14BrN3O4S/c1-18-8-3-2-7(11)6-9(8)19(16,17)14-5-4-13-10(12)15/h2-3,6,14H,4-5H2,1H3,(H3,12,13,15). The van der Waals surface area contributed by atoms with Gasteiger partial charge in [0.15, 0.2) is 0 Å². The summed E-state index contributed by atoms with van der Waals surface area (Å²) in [5.41, 5.74) is 4.87. The number of nitrogens with one attached hydrogen (secondary N) is 2. The lowest BCUT2D eigenvalue weighted by molar-refractivity contribution is 0.249. The van der Waals surface area contributed by atoms with Crippen LogP contribution < -0.4 is 20.5 Å². The number of primary amides is 1. The average Bonchev–Trinajstić information content (AvgIpc) is 2.34. The Hall–Kier alpha value is -1.32. The van der Waals surface area contributed by atoms with E-state index in [1.54, 1.807) is 12.1 Å². The minimum atomic E-state index is -3.72. The van der Waals surface area contributed by atoms with Gasteiger partial charge in [0, 0.05) is 17.6 Å². The Morgan fingerprint density at radius 1 is 1.42 bits per heavy atom. The van der Waals surface area contributed by atoms with Gasteiger partial charge in [-0.05, 0) is 18.2 Å². The molecule has 0 spiro atoms. The Kier molecular flexibility index (Phi) is 5.58. The second-order valence-corrected chi connectivity index (χ2v) is 6.14. The van der Waals surface area contributed by atoms with E-state index >= 15 is 0 Å². The number of rotatable bonds is 6. The first-order valence-electron chi connectivity index (χ1n) is 5.23. The van der Waals surface area contributed by atoms with Crippen LogP contribution in [0.5, 0.6) is 5.75 Å². The number of nitrogens with two attached hydrogens (primary N) is 1. The summed E-state index contributed by atoms with van der Waals surface area (Å²) in [4.78, 5) is 10.5. The lowest BCUT2D eigenvalue weighted by atomic mass is 10.3. The van der Waals surface area contributed by atoms with Gasteiger partial charge in [0.25, 0.3) is 0 Å². The molecule has 1 aromatic rings. The molecule has 2 amide bonds. The number of halogens is 1. The number of amides is 2. The van der Waals surface area contributed by atoms with Crippen LogP contribution in [0.25, 0.3) is 0 Å². The maximum Gasteiger partial charge on any atom is 0.312 e. The molecule has 9 heteroatoms. The van der Waals surface area contributed by atoms with Gasteiger partial charge in [0.1, 0.15) is 10.6 Å². The molecule has 7 nitrogen and oxygen atoms in total. The molecule has 0 saturated carbocycles. The van der Waals surface area contributed by atoms with Gasteiger partial charge >= 0.3 is 6.03 Å². The predicted molar refractivity (Wildman–Crippen MR) is 73.5 cm³/mol. The fourth-order valence-electron chi connectivity index (χ4n) is 1.31. The molecule has 0 unspecified atom stereocenters. The van der Waals surface area contributed by atoms with Gasteiger partial charge in [-0.2, -0.15) is 0 Å². The highest BCUT2D eigenvalue weighted by Gasteiger charge is 2.19. The molecule has 0 aliphatic carbocycles. The smallest absolute Gasteiger partial charge is 0.312 e. The third-order valence-electron chi connectivity index (χ3n) is 2.13. The van der Waals surface area contributed by atoms with Crippen molar-refractivity contribution >= 4 is 32.0 Å². The summed E-state index contributed by atoms with van der Waals surface area (Å²) in [7, 11) is -2.33. The highest BCUT2D eigenvalue weighted by atomic mass is 79.9. The third-order valence-corrected chi connectivity index (χ3v) is 4.11. The van der Waals surface area contributed by atoms with Crippen LogP contribution in [0.2, 0.25) is 0 Å². The zero-order chi connectivity index (χ0) is 14.5. The molecule has 1 rings (SSSR count). The molecule has 1 aromatic carbocycles. The topological polar surface area (TPSA) is 111 Å². The van der Waals surface area contributed by atoms with Crippen LogP contribution in [0.3, 0.4) is 0 Å². The summed E-state index contributed by atoms with van der Waals surface area (Å²) in [6.45, 7) is 0.131. The Morgan fingerprint density at radius 2 is 2.11 bits per heavy atom. The van der Waals surface area contributed by atoms with E-state index < -0.39 is 16.1 Å². The highest BCUT2D eigenvalue weighted by Crippen LogP contribution is 2.26. The zero-order valence-corrected chi connectivity index (χ0v) is 12.5. The van der Waals surface area contributed by atoms with Crippen molar-refractivity contribution in [3.8, 4) is 5.75 Å². The first kappa shape index (κ1) is 15.7. The molecule has 0 heterocycles. The van der Waals surface area contributed by atoms with Crippen molar-refractivity contribution in [1.29, 1.82) is 0 Å². The Morgan fingerprint density at radius 3 is 2.68 bits per heavy atom. The number of benzene rings is 1. The molecule has 4 N–H and O–H groups in total. The van der Waals surface area contributed by atoms with Crippen LogP contribution in [0.1, 0.15) is 0 Å². The quantitative estimate of drug-likeness (QED) is 0.644. The number of hydrogen-bond donors (Lipinski definition) is 3. The van der Waals surface area contributed by atoms with Crippen LogP contribution >= 0.6 is 15.9 Å². The first-order valence-corrected chi connectivity index (χ1v) is 7.51. The largest absolute Gasteiger partial charge is 0.495 e. The van der Waals surface area contributed by atoms with E-state index in [1.165, 1.54) is 13.2 Å². The molecule has 0 aromatic heterocycles. The summed E-state index contributed by atoms with van der Waals surface area (Å²) in [5.74, 6) is 0.235. The van der Waals surface area contributed by atoms with Crippen LogP contribution in [-0.4, -0.2) is 34.6 Å². The van der Waals surface area contributed by atoms with Crippen molar-refractivity contribution in [2.75, 3.05) is 20.2 Å². The van der Waals surface area contributed by atoms with E-state index in [0.29, 0.717) is 4.47 Å². The van der Waals surface area contributed by atoms with E-state index in [2.05, 4.69) is 26.0 Å². The minimum Gasteiger partial charge on any atom is -0.495 e. The summed E-state index contributed by atoms with van der Waals surface area (Å²) < 4.78 is 32.1. The second kappa shape index (κ2) is 6.73. The maximum atomic E-state index is 12.1. The van der Waals surface area contributed by atoms with E-state index in [1.807, 2.05) is 0 Å². The van der Waals surface area contributed by atoms with Gasteiger partial charge < -0.3 is 15.8 Å². The summed E-state index contributed by atoms with van der Waals surface area (Å²) in [6, 6.07) is 3.94. The second-order valence-electron chi connectivity index (χ2n) is 3.48. The van der Waals surface area contributed by atoms with Crippen LogP contribution in [0.15, 0.2) is 27.6 Å². The fourth-order valence-corrected chi connectivity index (χ4v) is 3.05. The van der Waals surface area contributed by atoms with Crippen molar-refractivity contribution in [3.63, 3.8) is 0 Å². The Balaban J connectivity index is 2.82. The number of hydrogen-bond acceptors (Lipinski definition) is 4. The van der Waals surface area contributed by atoms with Crippen LogP contribution in [0, 0.1) is 0 Å². The highest BCUT2D eigenvalue weighted by molar-refractivity contribution is 9.10. The summed E-state index contributed by atoms with van der Waals surface area (Å²) >= 11 is 3.20. The normalized spacial score (nSPS) is 11.1. The molecule has 0 aliphatic rings. The van der Waals surface area contributed by atoms with Crippen LogP contribution in [-0.2, 0) is 10.0 Å². The first-order chi connectivity index (χ1) is 8.86. The van der Waals surface area contributed by atoms with Gasteiger partial charge in [-0.15, -0.1) is 0 Å². The van der Waals surface area contributed by atoms with Gasteiger partial charge in [-0.3, -0.25) is 0 Å². The number of carbonyl (C=O) groups is 1. The molecule has 19 heavy (non-hydrogen) atoms. The van der Waals surface area contributed by atoms with E-state index in [9.17, 15) is 13.2 Å².